The fourth-order valence-corrected chi connectivity index (χ4v) is 5.66. The van der Waals surface area contributed by atoms with Gasteiger partial charge >= 0.3 is 0 Å². The summed E-state index contributed by atoms with van der Waals surface area (Å²) in [6, 6.07) is 8.29. The monoisotopic (exact) mass is 342 g/mol. The van der Waals surface area contributed by atoms with Gasteiger partial charge in [0, 0.05) is 11.7 Å². The first kappa shape index (κ1) is 16.9. The van der Waals surface area contributed by atoms with Crippen LogP contribution in [-0.4, -0.2) is 28.2 Å². The zero-order chi connectivity index (χ0) is 17.8. The van der Waals surface area contributed by atoms with Gasteiger partial charge in [-0.3, -0.25) is 4.79 Å². The minimum atomic E-state index is -0.669. The maximum absolute atomic E-state index is 13.0. The Morgan fingerprint density at radius 2 is 1.80 bits per heavy atom. The van der Waals surface area contributed by atoms with Crippen LogP contribution in [0.4, 0.5) is 5.69 Å². The van der Waals surface area contributed by atoms with Crippen LogP contribution < -0.4 is 10.6 Å². The summed E-state index contributed by atoms with van der Waals surface area (Å²) in [5.74, 6) is 1.60. The van der Waals surface area contributed by atoms with Gasteiger partial charge in [0.05, 0.1) is 5.60 Å². The second-order valence-corrected chi connectivity index (χ2v) is 9.26. The van der Waals surface area contributed by atoms with Crippen molar-refractivity contribution < 1.29 is 9.90 Å². The van der Waals surface area contributed by atoms with Crippen LogP contribution in [0.25, 0.3) is 0 Å². The lowest BCUT2D eigenvalue weighted by molar-refractivity contribution is -0.148. The Hall–Kier alpha value is -1.55. The molecule has 0 radical (unpaired) electrons. The summed E-state index contributed by atoms with van der Waals surface area (Å²) in [4.78, 5) is 13.0. The third kappa shape index (κ3) is 3.05. The third-order valence-corrected chi connectivity index (χ3v) is 6.70. The first-order valence-corrected chi connectivity index (χ1v) is 9.63. The second kappa shape index (κ2) is 5.73. The lowest BCUT2D eigenvalue weighted by Gasteiger charge is -2.58. The number of para-hydroxylation sites is 1. The molecule has 1 amide bonds. The molecule has 4 aliphatic rings. The molecule has 4 saturated carbocycles. The van der Waals surface area contributed by atoms with Gasteiger partial charge in [0.25, 0.3) is 0 Å². The molecule has 4 fully saturated rings. The predicted octanol–water partition coefficient (Wildman–Crippen LogP) is 3.24. The van der Waals surface area contributed by atoms with Gasteiger partial charge < -0.3 is 15.7 Å². The van der Waals surface area contributed by atoms with Crippen molar-refractivity contribution in [3.05, 3.63) is 29.8 Å². The van der Waals surface area contributed by atoms with Gasteiger partial charge in [-0.1, -0.05) is 18.2 Å². The quantitative estimate of drug-likeness (QED) is 0.787. The highest BCUT2D eigenvalue weighted by atomic mass is 16.3. The highest BCUT2D eigenvalue weighted by Gasteiger charge is 2.55. The van der Waals surface area contributed by atoms with Crippen molar-refractivity contribution in [2.45, 2.75) is 70.1 Å². The highest BCUT2D eigenvalue weighted by molar-refractivity contribution is 5.89. The van der Waals surface area contributed by atoms with Gasteiger partial charge in [0.15, 0.2) is 0 Å². The van der Waals surface area contributed by atoms with E-state index >= 15 is 0 Å². The summed E-state index contributed by atoms with van der Waals surface area (Å²) < 4.78 is 0. The fourth-order valence-electron chi connectivity index (χ4n) is 5.66. The molecule has 136 valence electrons. The summed E-state index contributed by atoms with van der Waals surface area (Å²) in [6.07, 6.45) is 5.01. The maximum atomic E-state index is 13.0. The molecule has 1 aromatic rings. The molecule has 4 heteroatoms. The van der Waals surface area contributed by atoms with Crippen molar-refractivity contribution in [2.24, 2.45) is 17.8 Å². The van der Waals surface area contributed by atoms with Gasteiger partial charge in [-0.25, -0.2) is 0 Å². The van der Waals surface area contributed by atoms with E-state index in [1.807, 2.05) is 32.0 Å². The standard InChI is InChI=1S/C21H30N2O2/c1-13-6-4-5-7-17(13)23-20(2,3)19(24)22-18-15-8-14-9-16(18)12-21(25,10-14)11-15/h4-7,14-16,18,23,25H,8-12H2,1-3H3,(H,22,24)/t14?,15-,16+,18+,21+. The van der Waals surface area contributed by atoms with Crippen molar-refractivity contribution in [3.63, 3.8) is 0 Å². The summed E-state index contributed by atoms with van der Waals surface area (Å²) in [5.41, 5.74) is 1.02. The largest absolute Gasteiger partial charge is 0.390 e. The molecule has 3 N–H and O–H groups in total. The SMILES string of the molecule is Cc1ccccc1NC(C)(C)C(=O)N[C@H]1[C@@H]2CC3C[C@H]1C[C@](O)(C3)C2. The minimum Gasteiger partial charge on any atom is -0.390 e. The van der Waals surface area contributed by atoms with E-state index < -0.39 is 11.1 Å². The molecule has 0 aliphatic heterocycles. The molecule has 1 unspecified atom stereocenters. The van der Waals surface area contributed by atoms with E-state index in [1.165, 1.54) is 0 Å². The molecular weight excluding hydrogens is 312 g/mol. The molecule has 4 nitrogen and oxygen atoms in total. The molecule has 0 saturated heterocycles. The Morgan fingerprint density at radius 3 is 2.40 bits per heavy atom. The molecule has 5 atom stereocenters. The zero-order valence-electron chi connectivity index (χ0n) is 15.5. The molecule has 4 bridgehead atoms. The smallest absolute Gasteiger partial charge is 0.245 e. The number of hydrogen-bond donors (Lipinski definition) is 3. The van der Waals surface area contributed by atoms with Crippen LogP contribution >= 0.6 is 0 Å². The number of nitrogens with one attached hydrogen (secondary N) is 2. The third-order valence-electron chi connectivity index (χ3n) is 6.70. The van der Waals surface area contributed by atoms with Crippen LogP contribution in [0, 0.1) is 24.7 Å². The summed E-state index contributed by atoms with van der Waals surface area (Å²) in [5, 5.41) is 17.5. The Morgan fingerprint density at radius 1 is 1.16 bits per heavy atom. The number of carbonyl (C=O) groups excluding carboxylic acids is 1. The number of amides is 1. The number of aliphatic hydroxyl groups is 1. The Kier molecular flexibility index (Phi) is 3.87. The summed E-state index contributed by atoms with van der Waals surface area (Å²) in [7, 11) is 0. The van der Waals surface area contributed by atoms with Gasteiger partial charge in [-0.05, 0) is 82.3 Å². The Labute approximate surface area is 150 Å². The average Bonchev–Trinajstić information content (AvgIpc) is 2.51. The van der Waals surface area contributed by atoms with Crippen LogP contribution in [0.15, 0.2) is 24.3 Å². The van der Waals surface area contributed by atoms with E-state index in [0.717, 1.165) is 43.4 Å². The first-order chi connectivity index (χ1) is 11.8. The number of aryl methyl sites for hydroxylation is 1. The van der Waals surface area contributed by atoms with Crippen LogP contribution in [0.1, 0.15) is 51.5 Å². The lowest BCUT2D eigenvalue weighted by Crippen LogP contribution is -2.63. The van der Waals surface area contributed by atoms with Crippen LogP contribution in [-0.2, 0) is 4.79 Å². The van der Waals surface area contributed by atoms with Crippen LogP contribution in [0.5, 0.6) is 0 Å². The number of benzene rings is 1. The number of anilines is 1. The van der Waals surface area contributed by atoms with Gasteiger partial charge in [0.1, 0.15) is 5.54 Å². The number of hydrogen-bond acceptors (Lipinski definition) is 3. The fraction of sp³-hybridized carbons (Fsp3) is 0.667. The molecule has 5 rings (SSSR count). The first-order valence-electron chi connectivity index (χ1n) is 9.63. The van der Waals surface area contributed by atoms with Crippen LogP contribution in [0.2, 0.25) is 0 Å². The van der Waals surface area contributed by atoms with E-state index in [2.05, 4.69) is 23.6 Å². The minimum absolute atomic E-state index is 0.0558. The van der Waals surface area contributed by atoms with Crippen molar-refractivity contribution in [1.82, 2.24) is 5.32 Å². The molecule has 4 aliphatic carbocycles. The molecule has 0 spiro atoms. The molecule has 0 heterocycles. The van der Waals surface area contributed by atoms with E-state index in [4.69, 9.17) is 0 Å². The summed E-state index contributed by atoms with van der Waals surface area (Å²) >= 11 is 0. The Bertz CT molecular complexity index is 668. The number of carbonyl (C=O) groups is 1. The highest BCUT2D eigenvalue weighted by Crippen LogP contribution is 2.55. The zero-order valence-corrected chi connectivity index (χ0v) is 15.5. The maximum Gasteiger partial charge on any atom is 0.245 e. The van der Waals surface area contributed by atoms with Crippen molar-refractivity contribution in [2.75, 3.05) is 5.32 Å². The van der Waals surface area contributed by atoms with E-state index in [-0.39, 0.29) is 11.9 Å². The van der Waals surface area contributed by atoms with E-state index in [0.29, 0.717) is 17.8 Å². The topological polar surface area (TPSA) is 61.4 Å². The normalized spacial score (nSPS) is 36.3. The molecule has 25 heavy (non-hydrogen) atoms. The second-order valence-electron chi connectivity index (χ2n) is 9.26. The number of rotatable bonds is 4. The van der Waals surface area contributed by atoms with Gasteiger partial charge in [0.2, 0.25) is 5.91 Å². The van der Waals surface area contributed by atoms with Gasteiger partial charge in [-0.15, -0.1) is 0 Å². The lowest BCUT2D eigenvalue weighted by atomic mass is 9.52. The van der Waals surface area contributed by atoms with E-state index in [9.17, 15) is 9.90 Å². The molecular formula is C21H30N2O2. The van der Waals surface area contributed by atoms with Crippen LogP contribution in [0.3, 0.4) is 0 Å². The van der Waals surface area contributed by atoms with Gasteiger partial charge in [-0.2, -0.15) is 0 Å². The molecule has 1 aromatic carbocycles. The Balaban J connectivity index is 1.46. The summed E-state index contributed by atoms with van der Waals surface area (Å²) in [6.45, 7) is 5.94. The molecule has 0 aromatic heterocycles. The van der Waals surface area contributed by atoms with Crippen molar-refractivity contribution in [1.29, 1.82) is 0 Å². The van der Waals surface area contributed by atoms with E-state index in [1.54, 1.807) is 0 Å². The van der Waals surface area contributed by atoms with Crippen molar-refractivity contribution >= 4 is 11.6 Å². The predicted molar refractivity (Wildman–Crippen MR) is 99.3 cm³/mol. The average molecular weight is 342 g/mol. The van der Waals surface area contributed by atoms with Crippen molar-refractivity contribution in [3.8, 4) is 0 Å².